The first-order chi connectivity index (χ1) is 8.99. The molecule has 2 aromatic heterocycles. The lowest BCUT2D eigenvalue weighted by Gasteiger charge is -2.21. The van der Waals surface area contributed by atoms with Gasteiger partial charge >= 0.3 is 0 Å². The van der Waals surface area contributed by atoms with Crippen LogP contribution < -0.4 is 10.6 Å². The van der Waals surface area contributed by atoms with Gasteiger partial charge in [0.15, 0.2) is 0 Å². The van der Waals surface area contributed by atoms with Crippen molar-refractivity contribution >= 4 is 17.2 Å². The highest BCUT2D eigenvalue weighted by Gasteiger charge is 2.18. The predicted molar refractivity (Wildman–Crippen MR) is 81.7 cm³/mol. The maximum atomic E-state index is 5.95. The molecule has 2 heterocycles. The zero-order valence-corrected chi connectivity index (χ0v) is 12.9. The maximum Gasteiger partial charge on any atom is 0.130 e. The van der Waals surface area contributed by atoms with E-state index in [1.807, 2.05) is 18.7 Å². The van der Waals surface area contributed by atoms with Crippen molar-refractivity contribution in [3.8, 4) is 0 Å². The third kappa shape index (κ3) is 3.16. The van der Waals surface area contributed by atoms with E-state index in [2.05, 4.69) is 41.5 Å². The van der Waals surface area contributed by atoms with Crippen molar-refractivity contribution in [2.24, 2.45) is 12.8 Å². The predicted octanol–water partition coefficient (Wildman–Crippen LogP) is 2.32. The molecule has 0 aromatic carbocycles. The number of nitrogens with two attached hydrogens (primary N) is 1. The number of hydrogen-bond donors (Lipinski definition) is 1. The second kappa shape index (κ2) is 5.75. The summed E-state index contributed by atoms with van der Waals surface area (Å²) in [6.07, 6.45) is 0.865. The van der Waals surface area contributed by atoms with Gasteiger partial charge in [-0.25, -0.2) is 0 Å². The Labute approximate surface area is 118 Å². The molecular formula is C14H22N4S. The fraction of sp³-hybridized carbons (Fsp3) is 0.500. The molecule has 0 aliphatic heterocycles. The smallest absolute Gasteiger partial charge is 0.130 e. The van der Waals surface area contributed by atoms with Gasteiger partial charge in [-0.1, -0.05) is 6.07 Å². The number of hydrogen-bond acceptors (Lipinski definition) is 4. The fourth-order valence-electron chi connectivity index (χ4n) is 2.44. The summed E-state index contributed by atoms with van der Waals surface area (Å²) in [6.45, 7) is 5.00. The molecule has 2 N–H and O–H groups in total. The van der Waals surface area contributed by atoms with Crippen LogP contribution in [0.5, 0.6) is 0 Å². The second-order valence-electron chi connectivity index (χ2n) is 5.13. The van der Waals surface area contributed by atoms with Crippen LogP contribution in [0.25, 0.3) is 0 Å². The third-order valence-electron chi connectivity index (χ3n) is 3.17. The molecule has 2 aromatic rings. The van der Waals surface area contributed by atoms with E-state index in [9.17, 15) is 0 Å². The largest absolute Gasteiger partial charge is 0.355 e. The van der Waals surface area contributed by atoms with E-state index in [1.165, 1.54) is 16.3 Å². The highest BCUT2D eigenvalue weighted by Crippen LogP contribution is 2.25. The molecule has 0 saturated carbocycles. The number of thiophene rings is 1. The number of aromatic nitrogens is 2. The molecule has 0 bridgehead atoms. The number of nitrogens with zero attached hydrogens (tertiary/aromatic N) is 3. The molecule has 0 aliphatic carbocycles. The Bertz CT molecular complexity index is 528. The van der Waals surface area contributed by atoms with Gasteiger partial charge in [-0.15, -0.1) is 11.3 Å². The molecule has 0 aliphatic rings. The molecule has 19 heavy (non-hydrogen) atoms. The molecule has 0 radical (unpaired) electrons. The van der Waals surface area contributed by atoms with Gasteiger partial charge < -0.3 is 10.6 Å². The molecular weight excluding hydrogens is 256 g/mol. The first-order valence-corrected chi connectivity index (χ1v) is 7.38. The van der Waals surface area contributed by atoms with Crippen molar-refractivity contribution < 1.29 is 0 Å². The summed E-state index contributed by atoms with van der Waals surface area (Å²) in [5, 5.41) is 6.65. The van der Waals surface area contributed by atoms with Gasteiger partial charge in [0.25, 0.3) is 0 Å². The summed E-state index contributed by atoms with van der Waals surface area (Å²) >= 11 is 1.78. The Morgan fingerprint density at radius 3 is 2.84 bits per heavy atom. The minimum Gasteiger partial charge on any atom is -0.355 e. The molecule has 0 fully saturated rings. The molecule has 4 nitrogen and oxygen atoms in total. The van der Waals surface area contributed by atoms with Crippen LogP contribution in [0.1, 0.15) is 23.1 Å². The molecule has 1 atom stereocenters. The summed E-state index contributed by atoms with van der Waals surface area (Å²) in [5.41, 5.74) is 8.29. The van der Waals surface area contributed by atoms with Crippen molar-refractivity contribution in [3.63, 3.8) is 0 Å². The molecule has 5 heteroatoms. The fourth-order valence-corrected chi connectivity index (χ4v) is 3.20. The highest BCUT2D eigenvalue weighted by atomic mass is 32.1. The van der Waals surface area contributed by atoms with Crippen LogP contribution in [0.2, 0.25) is 0 Å². The molecule has 1 unspecified atom stereocenters. The van der Waals surface area contributed by atoms with Crippen LogP contribution in [0.15, 0.2) is 17.5 Å². The quantitative estimate of drug-likeness (QED) is 0.913. The van der Waals surface area contributed by atoms with Gasteiger partial charge in [0.2, 0.25) is 0 Å². The van der Waals surface area contributed by atoms with Crippen LogP contribution in [0.3, 0.4) is 0 Å². The average molecular weight is 278 g/mol. The van der Waals surface area contributed by atoms with Gasteiger partial charge in [0.05, 0.1) is 12.2 Å². The zero-order chi connectivity index (χ0) is 14.0. The maximum absolute atomic E-state index is 5.95. The van der Waals surface area contributed by atoms with Crippen molar-refractivity contribution in [1.82, 2.24) is 9.78 Å². The molecule has 0 saturated heterocycles. The molecule has 2 rings (SSSR count). The van der Waals surface area contributed by atoms with Crippen LogP contribution in [0, 0.1) is 6.92 Å². The summed E-state index contributed by atoms with van der Waals surface area (Å²) in [6, 6.07) is 4.40. The van der Waals surface area contributed by atoms with Crippen molar-refractivity contribution in [1.29, 1.82) is 0 Å². The first kappa shape index (κ1) is 14.1. The number of anilines is 1. The lowest BCUT2D eigenvalue weighted by molar-refractivity contribution is 0.716. The van der Waals surface area contributed by atoms with E-state index in [0.717, 1.165) is 18.7 Å². The average Bonchev–Trinajstić information content (AvgIpc) is 2.88. The Morgan fingerprint density at radius 1 is 1.53 bits per heavy atom. The molecule has 0 spiro atoms. The first-order valence-electron chi connectivity index (χ1n) is 6.50. The minimum atomic E-state index is 0.150. The van der Waals surface area contributed by atoms with E-state index in [-0.39, 0.29) is 6.04 Å². The standard InChI is InChI=1S/C14H22N4S/c1-10(15)8-13-11(2)16-18(4)14(13)17(3)9-12-6-5-7-19-12/h5-7,10H,8-9,15H2,1-4H3. The van der Waals surface area contributed by atoms with Crippen LogP contribution in [-0.2, 0) is 20.0 Å². The summed E-state index contributed by atoms with van der Waals surface area (Å²) in [7, 11) is 4.11. The number of aryl methyl sites for hydroxylation is 2. The molecule has 0 amide bonds. The lowest BCUT2D eigenvalue weighted by atomic mass is 10.1. The van der Waals surface area contributed by atoms with Gasteiger partial charge in [-0.3, -0.25) is 4.68 Å². The second-order valence-corrected chi connectivity index (χ2v) is 6.16. The topological polar surface area (TPSA) is 47.1 Å². The van der Waals surface area contributed by atoms with E-state index >= 15 is 0 Å². The lowest BCUT2D eigenvalue weighted by Crippen LogP contribution is -2.23. The van der Waals surface area contributed by atoms with Crippen molar-refractivity contribution in [3.05, 3.63) is 33.6 Å². The summed E-state index contributed by atoms with van der Waals surface area (Å²) in [5.74, 6) is 1.17. The van der Waals surface area contributed by atoms with E-state index in [4.69, 9.17) is 5.73 Å². The van der Waals surface area contributed by atoms with E-state index in [1.54, 1.807) is 11.3 Å². The van der Waals surface area contributed by atoms with Crippen LogP contribution in [0.4, 0.5) is 5.82 Å². The monoisotopic (exact) mass is 278 g/mol. The SMILES string of the molecule is Cc1nn(C)c(N(C)Cc2cccs2)c1CC(C)N. The Hall–Kier alpha value is -1.33. The zero-order valence-electron chi connectivity index (χ0n) is 12.1. The van der Waals surface area contributed by atoms with E-state index in [0.29, 0.717) is 0 Å². The number of rotatable bonds is 5. The van der Waals surface area contributed by atoms with E-state index < -0.39 is 0 Å². The normalized spacial score (nSPS) is 12.7. The van der Waals surface area contributed by atoms with Crippen LogP contribution in [-0.4, -0.2) is 22.9 Å². The van der Waals surface area contributed by atoms with Gasteiger partial charge in [-0.2, -0.15) is 5.10 Å². The molecule has 104 valence electrons. The Kier molecular flexibility index (Phi) is 4.27. The Balaban J connectivity index is 2.27. The van der Waals surface area contributed by atoms with Crippen molar-refractivity contribution in [2.75, 3.05) is 11.9 Å². The Morgan fingerprint density at radius 2 is 2.26 bits per heavy atom. The highest BCUT2D eigenvalue weighted by molar-refractivity contribution is 7.09. The summed E-state index contributed by atoms with van der Waals surface area (Å²) < 4.78 is 1.96. The van der Waals surface area contributed by atoms with Gasteiger partial charge in [0.1, 0.15) is 5.82 Å². The minimum absolute atomic E-state index is 0.150. The summed E-state index contributed by atoms with van der Waals surface area (Å²) in [4.78, 5) is 3.61. The van der Waals surface area contributed by atoms with Gasteiger partial charge in [-0.05, 0) is 31.7 Å². The van der Waals surface area contributed by atoms with Crippen LogP contribution >= 0.6 is 11.3 Å². The third-order valence-corrected chi connectivity index (χ3v) is 4.04. The van der Waals surface area contributed by atoms with Gasteiger partial charge in [0, 0.05) is 30.6 Å². The van der Waals surface area contributed by atoms with Crippen molar-refractivity contribution in [2.45, 2.75) is 32.9 Å².